The Morgan fingerprint density at radius 2 is 1.66 bits per heavy atom. The summed E-state index contributed by atoms with van der Waals surface area (Å²) in [6.45, 7) is 8.76. The number of carbonyl (C=O) groups is 3. The van der Waals surface area contributed by atoms with Crippen LogP contribution in [0.2, 0.25) is 0 Å². The van der Waals surface area contributed by atoms with E-state index >= 15 is 0 Å². The Balaban J connectivity index is 1.67. The van der Waals surface area contributed by atoms with Crippen molar-refractivity contribution in [3.63, 3.8) is 0 Å². The maximum absolute atomic E-state index is 13.1. The summed E-state index contributed by atoms with van der Waals surface area (Å²) in [7, 11) is 0. The van der Waals surface area contributed by atoms with Crippen LogP contribution in [-0.2, 0) is 14.3 Å². The molecule has 0 unspecified atom stereocenters. The molecule has 0 radical (unpaired) electrons. The van der Waals surface area contributed by atoms with Crippen LogP contribution in [0.1, 0.15) is 60.3 Å². The van der Waals surface area contributed by atoms with Gasteiger partial charge >= 0.3 is 12.1 Å². The van der Waals surface area contributed by atoms with E-state index in [-0.39, 0.29) is 24.9 Å². The minimum Gasteiger partial charge on any atom is -0.490 e. The predicted molar refractivity (Wildman–Crippen MR) is 133 cm³/mol. The summed E-state index contributed by atoms with van der Waals surface area (Å²) in [5.41, 5.74) is -2.13. The van der Waals surface area contributed by atoms with Crippen LogP contribution in [-0.4, -0.2) is 46.4 Å². The van der Waals surface area contributed by atoms with Gasteiger partial charge in [0, 0.05) is 5.39 Å². The molecule has 3 N–H and O–H groups in total. The summed E-state index contributed by atoms with van der Waals surface area (Å²) < 4.78 is 11.5. The summed E-state index contributed by atoms with van der Waals surface area (Å²) in [6, 6.07) is 12.9. The molecule has 1 atom stereocenters. The van der Waals surface area contributed by atoms with Crippen molar-refractivity contribution >= 4 is 28.7 Å². The Labute approximate surface area is 206 Å². The van der Waals surface area contributed by atoms with Crippen LogP contribution < -0.4 is 15.4 Å². The van der Waals surface area contributed by atoms with Crippen LogP contribution in [0.4, 0.5) is 4.79 Å². The Morgan fingerprint density at radius 1 is 1.03 bits per heavy atom. The average Bonchev–Trinajstić information content (AvgIpc) is 2.77. The number of hydrogen-bond donors (Lipinski definition) is 3. The molecule has 2 aromatic rings. The van der Waals surface area contributed by atoms with Gasteiger partial charge < -0.3 is 25.2 Å². The highest BCUT2D eigenvalue weighted by molar-refractivity contribution is 5.91. The summed E-state index contributed by atoms with van der Waals surface area (Å²) in [4.78, 5) is 37.6. The number of carbonyl (C=O) groups excluding carboxylic acids is 2. The molecular formula is C27H36N2O6. The van der Waals surface area contributed by atoms with Crippen molar-refractivity contribution in [2.75, 3.05) is 0 Å². The number of carboxylic acid groups (broad SMARTS) is 1. The topological polar surface area (TPSA) is 114 Å². The first-order chi connectivity index (χ1) is 16.4. The van der Waals surface area contributed by atoms with E-state index < -0.39 is 35.2 Å². The maximum atomic E-state index is 13.1. The molecule has 2 amide bonds. The molecule has 8 heteroatoms. The molecule has 1 saturated carbocycles. The van der Waals surface area contributed by atoms with Crippen molar-refractivity contribution in [1.82, 2.24) is 10.6 Å². The number of ether oxygens (including phenoxy) is 2. The number of rotatable bonds is 7. The highest BCUT2D eigenvalue weighted by Crippen LogP contribution is 2.34. The van der Waals surface area contributed by atoms with Crippen molar-refractivity contribution in [3.8, 4) is 5.75 Å². The van der Waals surface area contributed by atoms with E-state index in [0.29, 0.717) is 12.8 Å². The van der Waals surface area contributed by atoms with Crippen LogP contribution in [0.15, 0.2) is 42.5 Å². The number of fused-ring (bicyclic) bond motifs is 1. The van der Waals surface area contributed by atoms with Gasteiger partial charge in [-0.2, -0.15) is 0 Å². The molecule has 190 valence electrons. The molecule has 0 saturated heterocycles. The van der Waals surface area contributed by atoms with Gasteiger partial charge in [-0.3, -0.25) is 4.79 Å². The molecule has 1 aliphatic rings. The van der Waals surface area contributed by atoms with E-state index in [2.05, 4.69) is 10.6 Å². The van der Waals surface area contributed by atoms with E-state index in [4.69, 9.17) is 9.47 Å². The molecule has 0 spiro atoms. The molecule has 1 fully saturated rings. The fourth-order valence-corrected chi connectivity index (χ4v) is 4.36. The lowest BCUT2D eigenvalue weighted by Gasteiger charge is -2.38. The Morgan fingerprint density at radius 3 is 2.26 bits per heavy atom. The first-order valence-electron chi connectivity index (χ1n) is 12.1. The number of alkyl carbamates (subject to hydrolysis) is 1. The molecule has 0 heterocycles. The standard InChI is InChI=1S/C27H36N2O6/c1-17(2)22(28-25(33)35-26(3,4)5)23(30)29-27(24(31)32)15-13-19(14-16-27)34-21-12-8-10-18-9-6-7-11-20(18)21/h6-12,17,19,22H,13-16H2,1-5H3,(H,28,33)(H,29,30)(H,31,32)/t19?,22-,27?/m0/s1. The first kappa shape index (κ1) is 26.3. The van der Waals surface area contributed by atoms with Crippen LogP contribution >= 0.6 is 0 Å². The van der Waals surface area contributed by atoms with Crippen LogP contribution in [0, 0.1) is 5.92 Å². The first-order valence-corrected chi connectivity index (χ1v) is 12.1. The third-order valence-corrected chi connectivity index (χ3v) is 6.22. The summed E-state index contributed by atoms with van der Waals surface area (Å²) in [5.74, 6) is -1.13. The van der Waals surface area contributed by atoms with E-state index in [1.165, 1.54) is 0 Å². The number of amides is 2. The fraction of sp³-hybridized carbons (Fsp3) is 0.519. The molecule has 1 aliphatic carbocycles. The second-order valence-electron chi connectivity index (χ2n) is 10.5. The zero-order valence-electron chi connectivity index (χ0n) is 21.1. The normalized spacial score (nSPS) is 21.3. The monoisotopic (exact) mass is 484 g/mol. The average molecular weight is 485 g/mol. The lowest BCUT2D eigenvalue weighted by Crippen LogP contribution is -2.62. The minimum absolute atomic E-state index is 0.161. The van der Waals surface area contributed by atoms with Crippen molar-refractivity contribution < 1.29 is 29.0 Å². The van der Waals surface area contributed by atoms with Crippen LogP contribution in [0.25, 0.3) is 10.8 Å². The van der Waals surface area contributed by atoms with Gasteiger partial charge in [-0.25, -0.2) is 9.59 Å². The van der Waals surface area contributed by atoms with Gasteiger partial charge in [-0.15, -0.1) is 0 Å². The Kier molecular flexibility index (Phi) is 7.93. The van der Waals surface area contributed by atoms with Gasteiger partial charge in [0.15, 0.2) is 0 Å². The highest BCUT2D eigenvalue weighted by atomic mass is 16.6. The van der Waals surface area contributed by atoms with E-state index in [9.17, 15) is 19.5 Å². The number of hydrogen-bond acceptors (Lipinski definition) is 5. The zero-order valence-corrected chi connectivity index (χ0v) is 21.1. The van der Waals surface area contributed by atoms with Crippen molar-refractivity contribution in [3.05, 3.63) is 42.5 Å². The lowest BCUT2D eigenvalue weighted by atomic mass is 9.79. The number of aliphatic carboxylic acids is 1. The van der Waals surface area contributed by atoms with Gasteiger partial charge in [0.1, 0.15) is 22.9 Å². The molecular weight excluding hydrogens is 448 g/mol. The largest absolute Gasteiger partial charge is 0.490 e. The number of carboxylic acids is 1. The predicted octanol–water partition coefficient (Wildman–Crippen LogP) is 4.65. The van der Waals surface area contributed by atoms with Gasteiger partial charge in [0.2, 0.25) is 5.91 Å². The second-order valence-corrected chi connectivity index (χ2v) is 10.5. The van der Waals surface area contributed by atoms with Gasteiger partial charge in [-0.05, 0) is 63.8 Å². The van der Waals surface area contributed by atoms with Crippen LogP contribution in [0.3, 0.4) is 0 Å². The molecule has 0 bridgehead atoms. The van der Waals surface area contributed by atoms with Crippen LogP contribution in [0.5, 0.6) is 5.75 Å². The summed E-state index contributed by atoms with van der Waals surface area (Å²) in [5, 5.41) is 17.4. The van der Waals surface area contributed by atoms with E-state index in [1.54, 1.807) is 34.6 Å². The van der Waals surface area contributed by atoms with Crippen molar-refractivity contribution in [2.24, 2.45) is 5.92 Å². The minimum atomic E-state index is -1.42. The van der Waals surface area contributed by atoms with Crippen molar-refractivity contribution in [1.29, 1.82) is 0 Å². The van der Waals surface area contributed by atoms with Crippen molar-refractivity contribution in [2.45, 2.75) is 83.6 Å². The highest BCUT2D eigenvalue weighted by Gasteiger charge is 2.45. The lowest BCUT2D eigenvalue weighted by molar-refractivity contribution is -0.150. The molecule has 2 aromatic carbocycles. The SMILES string of the molecule is CC(C)[C@H](NC(=O)OC(C)(C)C)C(=O)NC1(C(=O)O)CCC(Oc2cccc3ccccc23)CC1. The molecule has 8 nitrogen and oxygen atoms in total. The number of benzene rings is 2. The quantitative estimate of drug-likeness (QED) is 0.527. The zero-order chi connectivity index (χ0) is 25.8. The third-order valence-electron chi connectivity index (χ3n) is 6.22. The molecule has 0 aromatic heterocycles. The maximum Gasteiger partial charge on any atom is 0.408 e. The third kappa shape index (κ3) is 6.65. The smallest absolute Gasteiger partial charge is 0.408 e. The number of nitrogens with one attached hydrogen (secondary N) is 2. The van der Waals surface area contributed by atoms with Gasteiger partial charge in [-0.1, -0.05) is 50.2 Å². The van der Waals surface area contributed by atoms with Gasteiger partial charge in [0.25, 0.3) is 0 Å². The Hall–Kier alpha value is -3.29. The Bertz CT molecular complexity index is 1060. The second kappa shape index (κ2) is 10.5. The van der Waals surface area contributed by atoms with E-state index in [1.807, 2.05) is 42.5 Å². The summed E-state index contributed by atoms with van der Waals surface area (Å²) >= 11 is 0. The van der Waals surface area contributed by atoms with Gasteiger partial charge in [0.05, 0.1) is 6.10 Å². The molecule has 35 heavy (non-hydrogen) atoms. The molecule has 3 rings (SSSR count). The molecule has 0 aliphatic heterocycles. The van der Waals surface area contributed by atoms with E-state index in [0.717, 1.165) is 16.5 Å². The summed E-state index contributed by atoms with van der Waals surface area (Å²) in [6.07, 6.45) is 0.513. The fourth-order valence-electron chi connectivity index (χ4n) is 4.36.